The third-order valence-electron chi connectivity index (χ3n) is 4.00. The molecule has 8 heteroatoms. The third kappa shape index (κ3) is 3.93. The van der Waals surface area contributed by atoms with Gasteiger partial charge in [0.2, 0.25) is 10.0 Å². The normalized spacial score (nSPS) is 19.0. The van der Waals surface area contributed by atoms with Crippen LogP contribution in [0.15, 0.2) is 0 Å². The maximum absolute atomic E-state index is 11.2. The van der Waals surface area contributed by atoms with Gasteiger partial charge in [0.05, 0.1) is 11.9 Å². The number of nitrogens with zero attached hydrogens (tertiary/aromatic N) is 4. The van der Waals surface area contributed by atoms with E-state index >= 15 is 0 Å². The lowest BCUT2D eigenvalue weighted by molar-refractivity contribution is 0.409. The number of nitrogens with one attached hydrogen (secondary N) is 1. The summed E-state index contributed by atoms with van der Waals surface area (Å²) in [5.41, 5.74) is 2.17. The van der Waals surface area contributed by atoms with Crippen molar-refractivity contribution in [1.29, 1.82) is 5.26 Å². The van der Waals surface area contributed by atoms with E-state index < -0.39 is 10.0 Å². The topological polar surface area (TPSA) is 99.0 Å². The number of nitriles is 1. The number of aromatic nitrogens is 2. The van der Waals surface area contributed by atoms with E-state index in [-0.39, 0.29) is 5.92 Å². The SMILES string of the molecule is Cc1nnc(N2CCCC(CNS(C)(=O)=O)C2)c(C#N)c1C. The molecule has 0 saturated carbocycles. The first-order valence-electron chi connectivity index (χ1n) is 7.25. The summed E-state index contributed by atoms with van der Waals surface area (Å²) in [5, 5.41) is 17.7. The molecule has 1 aromatic heterocycles. The van der Waals surface area contributed by atoms with Crippen molar-refractivity contribution >= 4 is 15.8 Å². The largest absolute Gasteiger partial charge is 0.354 e. The van der Waals surface area contributed by atoms with Gasteiger partial charge < -0.3 is 4.90 Å². The number of aryl methyl sites for hydroxylation is 1. The van der Waals surface area contributed by atoms with Crippen LogP contribution in [0.1, 0.15) is 29.7 Å². The second kappa shape index (κ2) is 6.58. The van der Waals surface area contributed by atoms with Gasteiger partial charge in [-0.1, -0.05) is 0 Å². The maximum atomic E-state index is 11.2. The molecule has 2 rings (SSSR count). The Kier molecular flexibility index (Phi) is 4.98. The van der Waals surface area contributed by atoms with E-state index in [2.05, 4.69) is 21.0 Å². The zero-order valence-corrected chi connectivity index (χ0v) is 13.9. The molecule has 0 amide bonds. The molecule has 2 heterocycles. The fraction of sp³-hybridized carbons (Fsp3) is 0.643. The van der Waals surface area contributed by atoms with E-state index in [0.29, 0.717) is 24.5 Å². The summed E-state index contributed by atoms with van der Waals surface area (Å²) in [7, 11) is -3.18. The smallest absolute Gasteiger partial charge is 0.208 e. The molecule has 1 aliphatic heterocycles. The lowest BCUT2D eigenvalue weighted by atomic mass is 9.97. The predicted octanol–water partition coefficient (Wildman–Crippen LogP) is 0.731. The number of anilines is 1. The van der Waals surface area contributed by atoms with Crippen molar-refractivity contribution in [2.45, 2.75) is 26.7 Å². The average Bonchev–Trinajstić information content (AvgIpc) is 2.47. The van der Waals surface area contributed by atoms with Crippen LogP contribution in [-0.2, 0) is 10.0 Å². The van der Waals surface area contributed by atoms with Gasteiger partial charge in [0.1, 0.15) is 11.6 Å². The molecule has 7 nitrogen and oxygen atoms in total. The van der Waals surface area contributed by atoms with Gasteiger partial charge in [-0.3, -0.25) is 0 Å². The van der Waals surface area contributed by atoms with Crippen LogP contribution >= 0.6 is 0 Å². The molecule has 0 spiro atoms. The van der Waals surface area contributed by atoms with Gasteiger partial charge in [0.25, 0.3) is 0 Å². The van der Waals surface area contributed by atoms with Gasteiger partial charge in [-0.05, 0) is 38.2 Å². The van der Waals surface area contributed by atoms with E-state index in [4.69, 9.17) is 0 Å². The first kappa shape index (κ1) is 16.6. The standard InChI is InChI=1S/C14H21N5O2S/c1-10-11(2)17-18-14(13(10)7-15)19-6-4-5-12(9-19)8-16-22(3,20)21/h12,16H,4-6,8-9H2,1-3H3. The highest BCUT2D eigenvalue weighted by atomic mass is 32.2. The minimum atomic E-state index is -3.18. The number of rotatable bonds is 4. The maximum Gasteiger partial charge on any atom is 0.208 e. The molecule has 1 atom stereocenters. The minimum absolute atomic E-state index is 0.207. The van der Waals surface area contributed by atoms with Crippen molar-refractivity contribution in [2.24, 2.45) is 5.92 Å². The quantitative estimate of drug-likeness (QED) is 0.877. The fourth-order valence-electron chi connectivity index (χ4n) is 2.64. The number of hydrogen-bond donors (Lipinski definition) is 1. The van der Waals surface area contributed by atoms with Crippen LogP contribution in [0, 0.1) is 31.1 Å². The van der Waals surface area contributed by atoms with Crippen LogP contribution in [-0.4, -0.2) is 44.5 Å². The summed E-state index contributed by atoms with van der Waals surface area (Å²) in [6.45, 7) is 5.60. The highest BCUT2D eigenvalue weighted by Gasteiger charge is 2.25. The van der Waals surface area contributed by atoms with E-state index in [1.165, 1.54) is 0 Å². The Labute approximate surface area is 131 Å². The molecule has 1 N–H and O–H groups in total. The highest BCUT2D eigenvalue weighted by Crippen LogP contribution is 2.26. The lowest BCUT2D eigenvalue weighted by Gasteiger charge is -2.34. The van der Waals surface area contributed by atoms with E-state index in [1.807, 2.05) is 18.7 Å². The summed E-state index contributed by atoms with van der Waals surface area (Å²) in [5.74, 6) is 0.813. The van der Waals surface area contributed by atoms with Crippen LogP contribution in [0.25, 0.3) is 0 Å². The van der Waals surface area contributed by atoms with Crippen molar-refractivity contribution in [3.05, 3.63) is 16.8 Å². The van der Waals surface area contributed by atoms with Gasteiger partial charge in [-0.25, -0.2) is 13.1 Å². The van der Waals surface area contributed by atoms with Gasteiger partial charge in [-0.15, -0.1) is 5.10 Å². The molecule has 1 saturated heterocycles. The number of piperidine rings is 1. The van der Waals surface area contributed by atoms with Crippen molar-refractivity contribution in [3.63, 3.8) is 0 Å². The molecule has 22 heavy (non-hydrogen) atoms. The molecule has 1 fully saturated rings. The molecule has 1 aliphatic rings. The molecule has 0 aromatic carbocycles. The Bertz CT molecular complexity index is 696. The highest BCUT2D eigenvalue weighted by molar-refractivity contribution is 7.88. The third-order valence-corrected chi connectivity index (χ3v) is 4.69. The molecular formula is C14H21N5O2S. The Morgan fingerprint density at radius 3 is 2.77 bits per heavy atom. The predicted molar refractivity (Wildman–Crippen MR) is 84.0 cm³/mol. The second-order valence-electron chi connectivity index (χ2n) is 5.80. The molecule has 0 bridgehead atoms. The fourth-order valence-corrected chi connectivity index (χ4v) is 3.18. The Morgan fingerprint density at radius 2 is 2.14 bits per heavy atom. The molecule has 120 valence electrons. The van der Waals surface area contributed by atoms with Crippen molar-refractivity contribution < 1.29 is 8.42 Å². The zero-order valence-electron chi connectivity index (χ0n) is 13.1. The number of hydrogen-bond acceptors (Lipinski definition) is 6. The van der Waals surface area contributed by atoms with Gasteiger partial charge in [0.15, 0.2) is 5.82 Å². The molecule has 1 unspecified atom stereocenters. The summed E-state index contributed by atoms with van der Waals surface area (Å²) >= 11 is 0. The zero-order chi connectivity index (χ0) is 16.3. The van der Waals surface area contributed by atoms with E-state index in [0.717, 1.165) is 36.9 Å². The van der Waals surface area contributed by atoms with Crippen molar-refractivity contribution in [2.75, 3.05) is 30.8 Å². The van der Waals surface area contributed by atoms with Gasteiger partial charge >= 0.3 is 0 Å². The second-order valence-corrected chi connectivity index (χ2v) is 7.63. The van der Waals surface area contributed by atoms with E-state index in [9.17, 15) is 13.7 Å². The van der Waals surface area contributed by atoms with Crippen LogP contribution in [0.3, 0.4) is 0 Å². The molecule has 1 aromatic rings. The average molecular weight is 323 g/mol. The monoisotopic (exact) mass is 323 g/mol. The summed E-state index contributed by atoms with van der Waals surface area (Å²) in [6.07, 6.45) is 3.06. The summed E-state index contributed by atoms with van der Waals surface area (Å²) < 4.78 is 25.0. The Hall–Kier alpha value is -1.72. The minimum Gasteiger partial charge on any atom is -0.354 e. The first-order chi connectivity index (χ1) is 10.3. The molecular weight excluding hydrogens is 302 g/mol. The van der Waals surface area contributed by atoms with Crippen molar-refractivity contribution in [1.82, 2.24) is 14.9 Å². The van der Waals surface area contributed by atoms with E-state index in [1.54, 1.807) is 0 Å². The Morgan fingerprint density at radius 1 is 1.41 bits per heavy atom. The van der Waals surface area contributed by atoms with Crippen LogP contribution in [0.2, 0.25) is 0 Å². The summed E-state index contributed by atoms with van der Waals surface area (Å²) in [4.78, 5) is 2.04. The van der Waals surface area contributed by atoms with Gasteiger partial charge in [-0.2, -0.15) is 10.4 Å². The summed E-state index contributed by atoms with van der Waals surface area (Å²) in [6, 6.07) is 2.22. The van der Waals surface area contributed by atoms with Crippen LogP contribution in [0.4, 0.5) is 5.82 Å². The Balaban J connectivity index is 2.16. The van der Waals surface area contributed by atoms with Crippen LogP contribution < -0.4 is 9.62 Å². The van der Waals surface area contributed by atoms with Crippen LogP contribution in [0.5, 0.6) is 0 Å². The molecule has 0 radical (unpaired) electrons. The van der Waals surface area contributed by atoms with Crippen molar-refractivity contribution in [3.8, 4) is 6.07 Å². The molecule has 0 aliphatic carbocycles. The lowest BCUT2D eigenvalue weighted by Crippen LogP contribution is -2.41. The number of sulfonamides is 1. The van der Waals surface area contributed by atoms with Gasteiger partial charge in [0, 0.05) is 19.6 Å². The first-order valence-corrected chi connectivity index (χ1v) is 9.14.